The van der Waals surface area contributed by atoms with Crippen LogP contribution in [-0.4, -0.2) is 18.5 Å². The number of halogens is 1. The molecule has 104 valence electrons. The lowest BCUT2D eigenvalue weighted by atomic mass is 10.0. The van der Waals surface area contributed by atoms with Gasteiger partial charge in [-0.2, -0.15) is 0 Å². The minimum Gasteiger partial charge on any atom is -0.356 e. The van der Waals surface area contributed by atoms with Crippen molar-refractivity contribution in [1.82, 2.24) is 10.6 Å². The zero-order valence-electron chi connectivity index (χ0n) is 11.6. The summed E-state index contributed by atoms with van der Waals surface area (Å²) in [5, 5.41) is 6.27. The van der Waals surface area contributed by atoms with E-state index in [2.05, 4.69) is 10.6 Å². The highest BCUT2D eigenvalue weighted by atomic mass is 19.1. The van der Waals surface area contributed by atoms with Crippen LogP contribution < -0.4 is 10.6 Å². The molecule has 1 aliphatic heterocycles. The van der Waals surface area contributed by atoms with Crippen LogP contribution in [0.1, 0.15) is 36.0 Å². The molecule has 0 bridgehead atoms. The average Bonchev–Trinajstić information content (AvgIpc) is 2.57. The van der Waals surface area contributed by atoms with Gasteiger partial charge in [0.25, 0.3) is 0 Å². The van der Waals surface area contributed by atoms with E-state index in [9.17, 15) is 9.18 Å². The van der Waals surface area contributed by atoms with Crippen LogP contribution in [0.15, 0.2) is 12.1 Å². The second kappa shape index (κ2) is 6.15. The topological polar surface area (TPSA) is 41.1 Å². The van der Waals surface area contributed by atoms with Crippen LogP contribution in [0.25, 0.3) is 0 Å². The fraction of sp³-hybridized carbons (Fsp3) is 0.533. The molecule has 0 aromatic heterocycles. The summed E-state index contributed by atoms with van der Waals surface area (Å²) in [7, 11) is 0. The SMILES string of the molecule is Cc1cc(CNC2CCCNC(=O)C2)cc(C)c1F. The first-order valence-electron chi connectivity index (χ1n) is 6.82. The Morgan fingerprint density at radius 2 is 2.05 bits per heavy atom. The Bertz CT molecular complexity index is 450. The Kier molecular flexibility index (Phi) is 4.53. The number of nitrogens with one attached hydrogen (secondary N) is 2. The number of amides is 1. The number of rotatable bonds is 3. The zero-order chi connectivity index (χ0) is 13.8. The van der Waals surface area contributed by atoms with Crippen molar-refractivity contribution in [2.75, 3.05) is 6.54 Å². The fourth-order valence-corrected chi connectivity index (χ4v) is 2.55. The van der Waals surface area contributed by atoms with E-state index in [-0.39, 0.29) is 17.8 Å². The lowest BCUT2D eigenvalue weighted by Crippen LogP contribution is -2.32. The molecule has 1 aromatic rings. The third-order valence-corrected chi connectivity index (χ3v) is 3.57. The van der Waals surface area contributed by atoms with Crippen molar-refractivity contribution in [3.8, 4) is 0 Å². The molecule has 4 heteroatoms. The summed E-state index contributed by atoms with van der Waals surface area (Å²) in [4.78, 5) is 11.5. The standard InChI is InChI=1S/C15H21FN2O/c1-10-6-12(7-11(2)15(10)16)9-18-13-4-3-5-17-14(19)8-13/h6-7,13,18H,3-5,8-9H2,1-2H3,(H,17,19). The highest BCUT2D eigenvalue weighted by Crippen LogP contribution is 2.15. The Morgan fingerprint density at radius 3 is 2.74 bits per heavy atom. The predicted octanol–water partition coefficient (Wildman–Crippen LogP) is 2.20. The Hall–Kier alpha value is -1.42. The van der Waals surface area contributed by atoms with E-state index in [1.807, 2.05) is 12.1 Å². The van der Waals surface area contributed by atoms with Crippen molar-refractivity contribution in [1.29, 1.82) is 0 Å². The number of hydrogen-bond acceptors (Lipinski definition) is 2. The van der Waals surface area contributed by atoms with Gasteiger partial charge in [-0.05, 0) is 43.4 Å². The van der Waals surface area contributed by atoms with Crippen molar-refractivity contribution in [3.63, 3.8) is 0 Å². The number of benzene rings is 1. The van der Waals surface area contributed by atoms with Crippen LogP contribution in [0.3, 0.4) is 0 Å². The summed E-state index contributed by atoms with van der Waals surface area (Å²) < 4.78 is 13.5. The molecule has 1 heterocycles. The molecule has 19 heavy (non-hydrogen) atoms. The van der Waals surface area contributed by atoms with Gasteiger partial charge in [0, 0.05) is 25.6 Å². The molecule has 1 amide bonds. The second-order valence-electron chi connectivity index (χ2n) is 5.32. The maximum Gasteiger partial charge on any atom is 0.221 e. The largest absolute Gasteiger partial charge is 0.356 e. The molecule has 3 nitrogen and oxygen atoms in total. The van der Waals surface area contributed by atoms with Crippen LogP contribution in [0, 0.1) is 19.7 Å². The smallest absolute Gasteiger partial charge is 0.221 e. The fourth-order valence-electron chi connectivity index (χ4n) is 2.55. The summed E-state index contributed by atoms with van der Waals surface area (Å²) in [6.45, 7) is 5.02. The normalized spacial score (nSPS) is 19.9. The Balaban J connectivity index is 1.96. The number of aryl methyl sites for hydroxylation is 2. The summed E-state index contributed by atoms with van der Waals surface area (Å²) in [5.74, 6) is -0.0148. The Morgan fingerprint density at radius 1 is 1.37 bits per heavy atom. The molecule has 1 aromatic carbocycles. The molecular formula is C15H21FN2O. The van der Waals surface area contributed by atoms with Gasteiger partial charge in [-0.25, -0.2) is 4.39 Å². The van der Waals surface area contributed by atoms with Crippen LogP contribution >= 0.6 is 0 Å². The van der Waals surface area contributed by atoms with Crippen molar-refractivity contribution in [2.24, 2.45) is 0 Å². The molecule has 0 spiro atoms. The van der Waals surface area contributed by atoms with E-state index in [1.165, 1.54) is 0 Å². The van der Waals surface area contributed by atoms with Crippen molar-refractivity contribution < 1.29 is 9.18 Å². The quantitative estimate of drug-likeness (QED) is 0.878. The van der Waals surface area contributed by atoms with Gasteiger partial charge >= 0.3 is 0 Å². The molecule has 2 rings (SSSR count). The zero-order valence-corrected chi connectivity index (χ0v) is 11.6. The van der Waals surface area contributed by atoms with E-state index < -0.39 is 0 Å². The van der Waals surface area contributed by atoms with E-state index in [1.54, 1.807) is 13.8 Å². The number of carbonyl (C=O) groups is 1. The molecule has 0 saturated carbocycles. The van der Waals surface area contributed by atoms with Crippen molar-refractivity contribution in [3.05, 3.63) is 34.6 Å². The Labute approximate surface area is 113 Å². The maximum atomic E-state index is 13.5. The van der Waals surface area contributed by atoms with Gasteiger partial charge in [0.2, 0.25) is 5.91 Å². The third kappa shape index (κ3) is 3.77. The van der Waals surface area contributed by atoms with Crippen LogP contribution in [0.2, 0.25) is 0 Å². The first kappa shape index (κ1) is 14.0. The lowest BCUT2D eigenvalue weighted by molar-refractivity contribution is -0.121. The van der Waals surface area contributed by atoms with Gasteiger partial charge in [-0.1, -0.05) is 12.1 Å². The van der Waals surface area contributed by atoms with E-state index >= 15 is 0 Å². The molecule has 1 atom stereocenters. The van der Waals surface area contributed by atoms with Gasteiger partial charge < -0.3 is 10.6 Å². The molecule has 1 fully saturated rings. The molecule has 0 radical (unpaired) electrons. The van der Waals surface area contributed by atoms with E-state index in [0.717, 1.165) is 24.9 Å². The van der Waals surface area contributed by atoms with Gasteiger partial charge in [-0.15, -0.1) is 0 Å². The highest BCUT2D eigenvalue weighted by Gasteiger charge is 2.16. The molecule has 2 N–H and O–H groups in total. The molecule has 1 aliphatic rings. The van der Waals surface area contributed by atoms with Crippen LogP contribution in [0.5, 0.6) is 0 Å². The van der Waals surface area contributed by atoms with Crippen LogP contribution in [-0.2, 0) is 11.3 Å². The van der Waals surface area contributed by atoms with Gasteiger partial charge in [0.15, 0.2) is 0 Å². The van der Waals surface area contributed by atoms with E-state index in [4.69, 9.17) is 0 Å². The highest BCUT2D eigenvalue weighted by molar-refractivity contribution is 5.76. The second-order valence-corrected chi connectivity index (χ2v) is 5.32. The van der Waals surface area contributed by atoms with Crippen molar-refractivity contribution in [2.45, 2.75) is 45.7 Å². The third-order valence-electron chi connectivity index (χ3n) is 3.57. The maximum absolute atomic E-state index is 13.5. The summed E-state index contributed by atoms with van der Waals surface area (Å²) >= 11 is 0. The molecule has 1 saturated heterocycles. The molecule has 1 unspecified atom stereocenters. The summed E-state index contributed by atoms with van der Waals surface area (Å²) in [6, 6.07) is 3.95. The van der Waals surface area contributed by atoms with Crippen LogP contribution in [0.4, 0.5) is 4.39 Å². The van der Waals surface area contributed by atoms with E-state index in [0.29, 0.717) is 24.1 Å². The summed E-state index contributed by atoms with van der Waals surface area (Å²) in [5.41, 5.74) is 2.42. The van der Waals surface area contributed by atoms with Crippen molar-refractivity contribution >= 4 is 5.91 Å². The number of carbonyl (C=O) groups excluding carboxylic acids is 1. The van der Waals surface area contributed by atoms with Gasteiger partial charge in [0.1, 0.15) is 5.82 Å². The minimum absolute atomic E-state index is 0.112. The lowest BCUT2D eigenvalue weighted by Gasteiger charge is -2.16. The van der Waals surface area contributed by atoms with Gasteiger partial charge in [-0.3, -0.25) is 4.79 Å². The molecule has 0 aliphatic carbocycles. The molecular weight excluding hydrogens is 243 g/mol. The minimum atomic E-state index is -0.127. The number of hydrogen-bond donors (Lipinski definition) is 2. The monoisotopic (exact) mass is 264 g/mol. The first-order valence-corrected chi connectivity index (χ1v) is 6.82. The summed E-state index contributed by atoms with van der Waals surface area (Å²) in [6.07, 6.45) is 2.53. The predicted molar refractivity (Wildman–Crippen MR) is 73.4 cm³/mol. The first-order chi connectivity index (χ1) is 9.06. The average molecular weight is 264 g/mol. The van der Waals surface area contributed by atoms with Gasteiger partial charge in [0.05, 0.1) is 0 Å².